The Kier molecular flexibility index (Phi) is 4.11. The van der Waals surface area contributed by atoms with Gasteiger partial charge in [0.2, 0.25) is 5.91 Å². The number of carbonyl (C=O) groups excluding carboxylic acids is 1. The summed E-state index contributed by atoms with van der Waals surface area (Å²) in [6.07, 6.45) is 6.60. The second-order valence-electron chi connectivity index (χ2n) is 11.1. The van der Waals surface area contributed by atoms with Crippen molar-refractivity contribution in [2.24, 2.45) is 16.8 Å². The van der Waals surface area contributed by atoms with E-state index in [0.29, 0.717) is 36.5 Å². The van der Waals surface area contributed by atoms with E-state index in [0.717, 1.165) is 37.3 Å². The third kappa shape index (κ3) is 2.56. The van der Waals surface area contributed by atoms with E-state index < -0.39 is 4.92 Å². The van der Waals surface area contributed by atoms with Gasteiger partial charge in [0, 0.05) is 48.0 Å². The Balaban J connectivity index is 1.25. The first kappa shape index (κ1) is 20.8. The first-order chi connectivity index (χ1) is 17.5. The molecule has 0 radical (unpaired) electrons. The lowest BCUT2D eigenvalue weighted by molar-refractivity contribution is -0.384. The van der Waals surface area contributed by atoms with Crippen LogP contribution in [0.5, 0.6) is 0 Å². The number of amides is 1. The lowest BCUT2D eigenvalue weighted by atomic mass is 9.53. The third-order valence-corrected chi connectivity index (χ3v) is 9.74. The number of benzene rings is 2. The van der Waals surface area contributed by atoms with Crippen molar-refractivity contribution in [3.63, 3.8) is 0 Å². The molecule has 8 nitrogen and oxygen atoms in total. The Morgan fingerprint density at radius 2 is 2.14 bits per heavy atom. The molecule has 5 heterocycles. The van der Waals surface area contributed by atoms with Gasteiger partial charge in [-0.15, -0.1) is 0 Å². The highest BCUT2D eigenvalue weighted by Crippen LogP contribution is 2.66. The van der Waals surface area contributed by atoms with Gasteiger partial charge in [0.1, 0.15) is 0 Å². The van der Waals surface area contributed by atoms with Crippen molar-refractivity contribution in [1.82, 2.24) is 4.90 Å². The summed E-state index contributed by atoms with van der Waals surface area (Å²) in [5, 5.41) is 11.1. The summed E-state index contributed by atoms with van der Waals surface area (Å²) in [6, 6.07) is 13.3. The molecule has 1 aliphatic carbocycles. The quantitative estimate of drug-likeness (QED) is 0.288. The summed E-state index contributed by atoms with van der Waals surface area (Å²) in [5.41, 5.74) is 5.26. The van der Waals surface area contributed by atoms with Gasteiger partial charge in [0.05, 0.1) is 35.8 Å². The summed E-state index contributed by atoms with van der Waals surface area (Å²) in [4.78, 5) is 33.8. The van der Waals surface area contributed by atoms with Crippen molar-refractivity contribution < 1.29 is 14.5 Å². The Morgan fingerprint density at radius 1 is 1.22 bits per heavy atom. The Morgan fingerprint density at radius 3 is 3.03 bits per heavy atom. The zero-order valence-corrected chi connectivity index (χ0v) is 19.7. The number of carbonyl (C=O) groups is 1. The third-order valence-electron chi connectivity index (χ3n) is 9.74. The number of nitrogens with zero attached hydrogens (tertiary/aromatic N) is 4. The average molecular weight is 483 g/mol. The van der Waals surface area contributed by atoms with Gasteiger partial charge in [-0.1, -0.05) is 23.8 Å². The van der Waals surface area contributed by atoms with Crippen LogP contribution in [-0.2, 0) is 14.9 Å². The minimum absolute atomic E-state index is 0.0110. The molecule has 1 saturated carbocycles. The SMILES string of the molecule is O=C1C[C@@H]2OCC=C3CN4CC[C@@]56c7cc(N=Cc8cccc([N+](=O)[O-])c8)ccc7N1[C@H]5[C@H]2[C@H]3C[C@@H]46. The van der Waals surface area contributed by atoms with Gasteiger partial charge in [-0.05, 0) is 54.6 Å². The second-order valence-corrected chi connectivity index (χ2v) is 11.1. The molecule has 6 atom stereocenters. The van der Waals surface area contributed by atoms with Crippen LogP contribution in [0.2, 0.25) is 0 Å². The maximum atomic E-state index is 13.6. The van der Waals surface area contributed by atoms with Gasteiger partial charge < -0.3 is 9.64 Å². The van der Waals surface area contributed by atoms with Crippen LogP contribution < -0.4 is 4.90 Å². The number of fused-ring (bicyclic) bond motifs is 2. The molecule has 8 heteroatoms. The molecule has 36 heavy (non-hydrogen) atoms. The maximum Gasteiger partial charge on any atom is 0.270 e. The zero-order valence-electron chi connectivity index (χ0n) is 19.7. The van der Waals surface area contributed by atoms with Gasteiger partial charge >= 0.3 is 0 Å². The molecule has 4 fully saturated rings. The highest BCUT2D eigenvalue weighted by molar-refractivity contribution is 5.99. The molecular weight excluding hydrogens is 456 g/mol. The van der Waals surface area contributed by atoms with E-state index >= 15 is 0 Å². The number of rotatable bonds is 3. The van der Waals surface area contributed by atoms with E-state index in [1.54, 1.807) is 12.3 Å². The summed E-state index contributed by atoms with van der Waals surface area (Å²) in [5.74, 6) is 0.998. The van der Waals surface area contributed by atoms with Gasteiger partial charge in [-0.25, -0.2) is 0 Å². The smallest absolute Gasteiger partial charge is 0.270 e. The van der Waals surface area contributed by atoms with Crippen LogP contribution in [0.15, 0.2) is 59.1 Å². The fourth-order valence-electron chi connectivity index (χ4n) is 8.49. The van der Waals surface area contributed by atoms with Gasteiger partial charge in [-0.3, -0.25) is 24.8 Å². The lowest BCUT2D eigenvalue weighted by Crippen LogP contribution is -2.69. The first-order valence-electron chi connectivity index (χ1n) is 12.8. The van der Waals surface area contributed by atoms with Gasteiger partial charge in [-0.2, -0.15) is 0 Å². The number of nitro benzene ring substituents is 1. The zero-order chi connectivity index (χ0) is 24.2. The largest absolute Gasteiger partial charge is 0.373 e. The minimum Gasteiger partial charge on any atom is -0.373 e. The highest BCUT2D eigenvalue weighted by atomic mass is 16.6. The van der Waals surface area contributed by atoms with Crippen molar-refractivity contribution in [3.8, 4) is 0 Å². The molecule has 2 bridgehead atoms. The first-order valence-corrected chi connectivity index (χ1v) is 12.8. The number of aliphatic imine (C=N–C) groups is 1. The Hall–Kier alpha value is -3.36. The van der Waals surface area contributed by atoms with Crippen LogP contribution in [-0.4, -0.2) is 59.8 Å². The van der Waals surface area contributed by atoms with E-state index in [9.17, 15) is 14.9 Å². The molecule has 1 amide bonds. The van der Waals surface area contributed by atoms with Crippen LogP contribution in [0, 0.1) is 22.0 Å². The Labute approximate surface area is 208 Å². The normalized spacial score (nSPS) is 35.6. The Bertz CT molecular complexity index is 1400. The van der Waals surface area contributed by atoms with Crippen molar-refractivity contribution in [3.05, 3.63) is 75.4 Å². The van der Waals surface area contributed by atoms with Crippen LogP contribution in [0.4, 0.5) is 17.1 Å². The topological polar surface area (TPSA) is 88.3 Å². The fourth-order valence-corrected chi connectivity index (χ4v) is 8.49. The van der Waals surface area contributed by atoms with Crippen molar-refractivity contribution in [1.29, 1.82) is 0 Å². The molecule has 5 aliphatic heterocycles. The molecule has 6 aliphatic rings. The number of ether oxygens (including phenoxy) is 1. The number of non-ortho nitro benzene ring substituents is 1. The minimum atomic E-state index is -0.392. The summed E-state index contributed by atoms with van der Waals surface area (Å²) >= 11 is 0. The van der Waals surface area contributed by atoms with Crippen LogP contribution >= 0.6 is 0 Å². The molecule has 8 rings (SSSR count). The average Bonchev–Trinajstić information content (AvgIpc) is 3.35. The van der Waals surface area contributed by atoms with Crippen LogP contribution in [0.25, 0.3) is 0 Å². The second kappa shape index (κ2) is 7.11. The number of nitro groups is 1. The molecule has 182 valence electrons. The van der Waals surface area contributed by atoms with Crippen molar-refractivity contribution in [2.75, 3.05) is 24.6 Å². The van der Waals surface area contributed by atoms with E-state index in [1.807, 2.05) is 12.1 Å². The van der Waals surface area contributed by atoms with E-state index in [1.165, 1.54) is 23.3 Å². The van der Waals surface area contributed by atoms with Gasteiger partial charge in [0.25, 0.3) is 5.69 Å². The monoisotopic (exact) mass is 482 g/mol. The van der Waals surface area contributed by atoms with E-state index in [-0.39, 0.29) is 29.2 Å². The number of anilines is 1. The summed E-state index contributed by atoms with van der Waals surface area (Å²) in [7, 11) is 0. The molecular formula is C28H26N4O4. The molecule has 2 aromatic rings. The molecule has 3 saturated heterocycles. The van der Waals surface area contributed by atoms with Crippen molar-refractivity contribution in [2.45, 2.75) is 42.9 Å². The molecule has 0 aromatic heterocycles. The standard InChI is InChI=1S/C28H26N4O4/c33-25-13-23-26-20-12-24-28(7-8-30(24)15-17(20)6-9-36-23)21-11-18(4-5-22(21)31(25)27(26)28)29-14-16-2-1-3-19(10-16)32(34)35/h1-6,10-11,14,20,23-24,26-27H,7-9,12-13,15H2/t20-,23-,24+,26-,27-,28-/m0/s1. The summed E-state index contributed by atoms with van der Waals surface area (Å²) < 4.78 is 6.32. The number of hydrogen-bond donors (Lipinski definition) is 0. The predicted octanol–water partition coefficient (Wildman–Crippen LogP) is 3.75. The predicted molar refractivity (Wildman–Crippen MR) is 134 cm³/mol. The number of hydrogen-bond acceptors (Lipinski definition) is 6. The van der Waals surface area contributed by atoms with Crippen LogP contribution in [0.1, 0.15) is 30.4 Å². The highest BCUT2D eigenvalue weighted by Gasteiger charge is 2.71. The molecule has 0 N–H and O–H groups in total. The molecule has 1 spiro atoms. The lowest BCUT2D eigenvalue weighted by Gasteiger charge is -2.58. The van der Waals surface area contributed by atoms with Crippen LogP contribution in [0.3, 0.4) is 0 Å². The summed E-state index contributed by atoms with van der Waals surface area (Å²) in [6.45, 7) is 2.68. The van der Waals surface area contributed by atoms with E-state index in [2.05, 4.69) is 28.0 Å². The fraction of sp³-hybridized carbons (Fsp3) is 0.429. The maximum absolute atomic E-state index is 13.6. The van der Waals surface area contributed by atoms with E-state index in [4.69, 9.17) is 9.73 Å². The van der Waals surface area contributed by atoms with Crippen molar-refractivity contribution >= 4 is 29.2 Å². The van der Waals surface area contributed by atoms with Gasteiger partial charge in [0.15, 0.2) is 0 Å². The molecule has 2 aromatic carbocycles. The number of piperidine rings is 2. The molecule has 0 unspecified atom stereocenters.